The van der Waals surface area contributed by atoms with Gasteiger partial charge in [-0.15, -0.1) is 11.3 Å². The molecule has 0 aliphatic carbocycles. The Hall–Kier alpha value is -1.73. The highest BCUT2D eigenvalue weighted by atomic mass is 32.1. The van der Waals surface area contributed by atoms with E-state index in [9.17, 15) is 4.79 Å². The number of aromatic nitrogens is 3. The fraction of sp³-hybridized carbons (Fsp3) is 0.500. The number of thiazole rings is 1. The third kappa shape index (κ3) is 2.58. The van der Waals surface area contributed by atoms with Crippen molar-refractivity contribution in [2.75, 3.05) is 18.4 Å². The van der Waals surface area contributed by atoms with Gasteiger partial charge in [0, 0.05) is 17.3 Å². The Bertz CT molecular complexity index is 608. The zero-order chi connectivity index (χ0) is 14.9. The van der Waals surface area contributed by atoms with Crippen molar-refractivity contribution < 1.29 is 4.79 Å². The summed E-state index contributed by atoms with van der Waals surface area (Å²) in [7, 11) is 0. The van der Waals surface area contributed by atoms with Gasteiger partial charge in [0.1, 0.15) is 5.54 Å². The van der Waals surface area contributed by atoms with Crippen LogP contribution in [0.4, 0.5) is 5.13 Å². The maximum atomic E-state index is 12.9. The third-order valence-electron chi connectivity index (χ3n) is 4.05. The van der Waals surface area contributed by atoms with Crippen molar-refractivity contribution in [1.29, 1.82) is 0 Å². The van der Waals surface area contributed by atoms with Crippen molar-refractivity contribution in [3.8, 4) is 0 Å². The van der Waals surface area contributed by atoms with Gasteiger partial charge in [-0.1, -0.05) is 0 Å². The van der Waals surface area contributed by atoms with Crippen LogP contribution in [-0.2, 0) is 10.3 Å². The normalized spacial score (nSPS) is 17.6. The fourth-order valence-corrected chi connectivity index (χ4v) is 3.47. The second-order valence-electron chi connectivity index (χ2n) is 5.35. The van der Waals surface area contributed by atoms with Crippen molar-refractivity contribution in [3.05, 3.63) is 29.0 Å². The molecule has 1 aliphatic heterocycles. The first-order valence-electron chi connectivity index (χ1n) is 7.08. The molecule has 112 valence electrons. The van der Waals surface area contributed by atoms with Crippen LogP contribution in [-0.4, -0.2) is 33.8 Å². The summed E-state index contributed by atoms with van der Waals surface area (Å²) >= 11 is 1.51. The number of nitrogens with zero attached hydrogens (tertiary/aromatic N) is 3. The molecule has 0 atom stereocenters. The Balaban J connectivity index is 1.88. The number of piperidine rings is 1. The highest BCUT2D eigenvalue weighted by molar-refractivity contribution is 7.15. The van der Waals surface area contributed by atoms with Crippen LogP contribution in [0.15, 0.2) is 18.5 Å². The quantitative estimate of drug-likeness (QED) is 0.905. The topological polar surface area (TPSA) is 71.8 Å². The van der Waals surface area contributed by atoms with Crippen LogP contribution < -0.4 is 10.6 Å². The maximum absolute atomic E-state index is 12.9. The van der Waals surface area contributed by atoms with Crippen LogP contribution in [0, 0.1) is 13.8 Å². The van der Waals surface area contributed by atoms with Gasteiger partial charge >= 0.3 is 0 Å². The number of aryl methyl sites for hydroxylation is 2. The first kappa shape index (κ1) is 14.2. The molecule has 0 unspecified atom stereocenters. The summed E-state index contributed by atoms with van der Waals surface area (Å²) < 4.78 is 1.79. The predicted octanol–water partition coefficient (Wildman–Crippen LogP) is 1.67. The van der Waals surface area contributed by atoms with E-state index in [0.29, 0.717) is 5.13 Å². The average Bonchev–Trinajstić information content (AvgIpc) is 3.11. The Morgan fingerprint density at radius 1 is 1.43 bits per heavy atom. The molecule has 2 aromatic rings. The Labute approximate surface area is 127 Å². The highest BCUT2D eigenvalue weighted by Gasteiger charge is 2.42. The molecule has 21 heavy (non-hydrogen) atoms. The van der Waals surface area contributed by atoms with Crippen molar-refractivity contribution in [2.45, 2.75) is 32.2 Å². The Kier molecular flexibility index (Phi) is 3.77. The number of hydrogen-bond donors (Lipinski definition) is 2. The number of carbonyl (C=O) groups is 1. The lowest BCUT2D eigenvalue weighted by Gasteiger charge is -2.36. The van der Waals surface area contributed by atoms with E-state index >= 15 is 0 Å². The predicted molar refractivity (Wildman–Crippen MR) is 82.5 cm³/mol. The molecule has 1 fully saturated rings. The molecule has 2 aromatic heterocycles. The fourth-order valence-electron chi connectivity index (χ4n) is 2.66. The third-order valence-corrected chi connectivity index (χ3v) is 5.03. The van der Waals surface area contributed by atoms with Crippen LogP contribution in [0.2, 0.25) is 0 Å². The van der Waals surface area contributed by atoms with E-state index < -0.39 is 5.54 Å². The molecule has 1 amide bonds. The van der Waals surface area contributed by atoms with Crippen molar-refractivity contribution in [3.63, 3.8) is 0 Å². The molecule has 7 heteroatoms. The second-order valence-corrected chi connectivity index (χ2v) is 6.55. The largest absolute Gasteiger partial charge is 0.317 e. The molecule has 0 radical (unpaired) electrons. The zero-order valence-corrected chi connectivity index (χ0v) is 13.0. The van der Waals surface area contributed by atoms with E-state index in [-0.39, 0.29) is 5.91 Å². The smallest absolute Gasteiger partial charge is 0.254 e. The molecule has 3 rings (SSSR count). The van der Waals surface area contributed by atoms with E-state index in [1.807, 2.05) is 26.1 Å². The first-order valence-corrected chi connectivity index (χ1v) is 7.90. The van der Waals surface area contributed by atoms with Gasteiger partial charge < -0.3 is 5.32 Å². The van der Waals surface area contributed by atoms with Gasteiger partial charge in [0.15, 0.2) is 5.13 Å². The summed E-state index contributed by atoms with van der Waals surface area (Å²) in [4.78, 5) is 18.4. The van der Waals surface area contributed by atoms with Crippen molar-refractivity contribution in [2.24, 2.45) is 0 Å². The lowest BCUT2D eigenvalue weighted by molar-refractivity contribution is -0.126. The molecule has 6 nitrogen and oxygen atoms in total. The van der Waals surface area contributed by atoms with Gasteiger partial charge in [0.05, 0.1) is 5.69 Å². The van der Waals surface area contributed by atoms with Crippen LogP contribution in [0.25, 0.3) is 0 Å². The second kappa shape index (κ2) is 5.57. The van der Waals surface area contributed by atoms with Gasteiger partial charge in [-0.3, -0.25) is 14.8 Å². The van der Waals surface area contributed by atoms with Crippen LogP contribution in [0.5, 0.6) is 0 Å². The van der Waals surface area contributed by atoms with Gasteiger partial charge in [-0.05, 0) is 45.8 Å². The van der Waals surface area contributed by atoms with E-state index in [4.69, 9.17) is 0 Å². The van der Waals surface area contributed by atoms with Gasteiger partial charge in [-0.25, -0.2) is 4.98 Å². The van der Waals surface area contributed by atoms with E-state index in [1.54, 1.807) is 10.9 Å². The molecule has 1 aliphatic rings. The number of amides is 1. The maximum Gasteiger partial charge on any atom is 0.254 e. The monoisotopic (exact) mass is 305 g/mol. The Morgan fingerprint density at radius 2 is 2.19 bits per heavy atom. The molecule has 0 saturated carbocycles. The number of rotatable bonds is 3. The van der Waals surface area contributed by atoms with Gasteiger partial charge in [0.2, 0.25) is 0 Å². The number of anilines is 1. The van der Waals surface area contributed by atoms with Crippen LogP contribution >= 0.6 is 11.3 Å². The molecular formula is C14H19N5OS. The average molecular weight is 305 g/mol. The zero-order valence-electron chi connectivity index (χ0n) is 12.2. The standard InChI is InChI=1S/C14H19N5OS/c1-10-11(2)21-13(17-10)18-12(20)14(4-7-15-8-5-14)19-9-3-6-16-19/h3,6,9,15H,4-5,7-8H2,1-2H3,(H,17,18,20). The molecule has 3 heterocycles. The minimum Gasteiger partial charge on any atom is -0.317 e. The highest BCUT2D eigenvalue weighted by Crippen LogP contribution is 2.30. The lowest BCUT2D eigenvalue weighted by atomic mass is 9.87. The van der Waals surface area contributed by atoms with E-state index in [0.717, 1.165) is 36.5 Å². The molecule has 0 spiro atoms. The molecule has 1 saturated heterocycles. The minimum absolute atomic E-state index is 0.0264. The van der Waals surface area contributed by atoms with E-state index in [2.05, 4.69) is 20.7 Å². The summed E-state index contributed by atoms with van der Waals surface area (Å²) in [5.41, 5.74) is 0.344. The molecular weight excluding hydrogens is 286 g/mol. The summed E-state index contributed by atoms with van der Waals surface area (Å²) in [6.45, 7) is 5.58. The number of nitrogens with one attached hydrogen (secondary N) is 2. The van der Waals surface area contributed by atoms with Crippen molar-refractivity contribution >= 4 is 22.4 Å². The summed E-state index contributed by atoms with van der Waals surface area (Å²) in [5.74, 6) is -0.0264. The molecule has 0 bridgehead atoms. The summed E-state index contributed by atoms with van der Waals surface area (Å²) in [5, 5.41) is 11.3. The summed E-state index contributed by atoms with van der Waals surface area (Å²) in [6.07, 6.45) is 5.03. The van der Waals surface area contributed by atoms with Crippen LogP contribution in [0.1, 0.15) is 23.4 Å². The lowest BCUT2D eigenvalue weighted by Crippen LogP contribution is -2.52. The number of hydrogen-bond acceptors (Lipinski definition) is 5. The van der Waals surface area contributed by atoms with Gasteiger partial charge in [0.25, 0.3) is 5.91 Å². The SMILES string of the molecule is Cc1nc(NC(=O)C2(n3cccn3)CCNCC2)sc1C. The molecule has 2 N–H and O–H groups in total. The summed E-state index contributed by atoms with van der Waals surface area (Å²) in [6, 6.07) is 1.86. The van der Waals surface area contributed by atoms with Crippen LogP contribution in [0.3, 0.4) is 0 Å². The first-order chi connectivity index (χ1) is 10.1. The van der Waals surface area contributed by atoms with E-state index in [1.165, 1.54) is 11.3 Å². The number of carbonyl (C=O) groups excluding carboxylic acids is 1. The molecule has 0 aromatic carbocycles. The Morgan fingerprint density at radius 3 is 2.76 bits per heavy atom. The van der Waals surface area contributed by atoms with Gasteiger partial charge in [-0.2, -0.15) is 5.10 Å². The van der Waals surface area contributed by atoms with Crippen molar-refractivity contribution in [1.82, 2.24) is 20.1 Å². The minimum atomic E-state index is -0.623.